The normalized spacial score (nSPS) is 10.9. The van der Waals surface area contributed by atoms with E-state index in [0.717, 1.165) is 11.8 Å². The summed E-state index contributed by atoms with van der Waals surface area (Å²) >= 11 is 0. The molecule has 0 aliphatic carbocycles. The highest BCUT2D eigenvalue weighted by atomic mass is 16.6. The van der Waals surface area contributed by atoms with Crippen molar-refractivity contribution in [1.82, 2.24) is 9.78 Å². The Hall–Kier alpha value is -3.94. The van der Waals surface area contributed by atoms with Gasteiger partial charge in [0.15, 0.2) is 5.75 Å². The molecule has 2 aromatic carbocycles. The van der Waals surface area contributed by atoms with Gasteiger partial charge in [0.1, 0.15) is 5.69 Å². The second-order valence-electron chi connectivity index (χ2n) is 5.53. The molecule has 0 aliphatic heterocycles. The molecule has 0 amide bonds. The van der Waals surface area contributed by atoms with Crippen LogP contribution in [0.3, 0.4) is 0 Å². The highest BCUT2D eigenvalue weighted by Gasteiger charge is 2.19. The van der Waals surface area contributed by atoms with Gasteiger partial charge in [0, 0.05) is 29.5 Å². The van der Waals surface area contributed by atoms with Gasteiger partial charge in [-0.15, -0.1) is 0 Å². The predicted molar refractivity (Wildman–Crippen MR) is 98.9 cm³/mol. The molecule has 0 saturated heterocycles. The molecule has 0 unspecified atom stereocenters. The molecule has 0 spiro atoms. The number of aromatic nitrogens is 2. The molecule has 1 heterocycles. The van der Waals surface area contributed by atoms with Crippen molar-refractivity contribution in [1.29, 1.82) is 0 Å². The largest absolute Gasteiger partial charge is 0.490 e. The molecule has 0 bridgehead atoms. The lowest BCUT2D eigenvalue weighted by molar-refractivity contribution is -0.385. The van der Waals surface area contributed by atoms with Crippen molar-refractivity contribution in [2.24, 2.45) is 0 Å². The number of para-hydroxylation sites is 1. The summed E-state index contributed by atoms with van der Waals surface area (Å²) in [6, 6.07) is 13.7. The van der Waals surface area contributed by atoms with Crippen LogP contribution in [0.5, 0.6) is 5.75 Å². The summed E-state index contributed by atoms with van der Waals surface area (Å²) in [6.07, 6.45) is 4.06. The van der Waals surface area contributed by atoms with Gasteiger partial charge in [-0.05, 0) is 30.3 Å². The molecular formula is C19H15N3O5. The second kappa shape index (κ2) is 7.52. The quantitative estimate of drug-likeness (QED) is 0.407. The van der Waals surface area contributed by atoms with Crippen LogP contribution in [-0.4, -0.2) is 32.9 Å². The van der Waals surface area contributed by atoms with Gasteiger partial charge in [0.2, 0.25) is 0 Å². The number of carboxylic acid groups (broad SMARTS) is 1. The Labute approximate surface area is 154 Å². The van der Waals surface area contributed by atoms with E-state index in [4.69, 9.17) is 9.84 Å². The monoisotopic (exact) mass is 365 g/mol. The summed E-state index contributed by atoms with van der Waals surface area (Å²) < 4.78 is 6.61. The van der Waals surface area contributed by atoms with Crippen LogP contribution in [0.2, 0.25) is 0 Å². The highest BCUT2D eigenvalue weighted by Crippen LogP contribution is 2.33. The maximum Gasteiger partial charge on any atom is 0.328 e. The van der Waals surface area contributed by atoms with E-state index >= 15 is 0 Å². The van der Waals surface area contributed by atoms with E-state index < -0.39 is 10.9 Å². The standard InChI is InChI=1S/C19H15N3O5/c1-27-17-9-7-13(11-16(17)22(25)26)19-14(8-10-18(23)24)12-21(20-19)15-5-3-2-4-6-15/h2-12H,1H3,(H,23,24). The molecule has 8 nitrogen and oxygen atoms in total. The van der Waals surface area contributed by atoms with Crippen molar-refractivity contribution in [3.63, 3.8) is 0 Å². The molecule has 1 N–H and O–H groups in total. The summed E-state index contributed by atoms with van der Waals surface area (Å²) in [7, 11) is 1.35. The van der Waals surface area contributed by atoms with Crippen molar-refractivity contribution in [2.45, 2.75) is 0 Å². The fourth-order valence-corrected chi connectivity index (χ4v) is 2.59. The van der Waals surface area contributed by atoms with Crippen LogP contribution in [0.15, 0.2) is 60.8 Å². The fraction of sp³-hybridized carbons (Fsp3) is 0.0526. The molecule has 0 atom stereocenters. The molecule has 3 aromatic rings. The average molecular weight is 365 g/mol. The number of carbonyl (C=O) groups is 1. The lowest BCUT2D eigenvalue weighted by Crippen LogP contribution is -1.96. The number of rotatable bonds is 6. The summed E-state index contributed by atoms with van der Waals surface area (Å²) in [5.74, 6) is -0.969. The predicted octanol–water partition coefficient (Wildman–Crippen LogP) is 3.55. The third kappa shape index (κ3) is 3.84. The zero-order valence-electron chi connectivity index (χ0n) is 14.3. The fourth-order valence-electron chi connectivity index (χ4n) is 2.59. The van der Waals surface area contributed by atoms with E-state index in [1.165, 1.54) is 25.3 Å². The first-order chi connectivity index (χ1) is 13.0. The van der Waals surface area contributed by atoms with Crippen LogP contribution in [0.1, 0.15) is 5.56 Å². The Morgan fingerprint density at radius 2 is 2.00 bits per heavy atom. The maximum absolute atomic E-state index is 11.3. The van der Waals surface area contributed by atoms with Gasteiger partial charge < -0.3 is 9.84 Å². The smallest absolute Gasteiger partial charge is 0.328 e. The molecular weight excluding hydrogens is 350 g/mol. The Balaban J connectivity index is 2.16. The average Bonchev–Trinajstić information content (AvgIpc) is 3.10. The van der Waals surface area contributed by atoms with Gasteiger partial charge in [0.05, 0.1) is 17.7 Å². The Kier molecular flexibility index (Phi) is 4.98. The van der Waals surface area contributed by atoms with E-state index in [2.05, 4.69) is 5.10 Å². The SMILES string of the molecule is COc1ccc(-c2nn(-c3ccccc3)cc2C=CC(=O)O)cc1[N+](=O)[O-]. The number of benzene rings is 2. The van der Waals surface area contributed by atoms with Gasteiger partial charge in [-0.3, -0.25) is 10.1 Å². The Morgan fingerprint density at radius 1 is 1.26 bits per heavy atom. The second-order valence-corrected chi connectivity index (χ2v) is 5.53. The zero-order valence-corrected chi connectivity index (χ0v) is 14.3. The summed E-state index contributed by atoms with van der Waals surface area (Å²) in [5, 5.41) is 24.7. The molecule has 8 heteroatoms. The number of hydrogen-bond donors (Lipinski definition) is 1. The van der Waals surface area contributed by atoms with Crippen LogP contribution < -0.4 is 4.74 Å². The Morgan fingerprint density at radius 3 is 2.63 bits per heavy atom. The molecule has 0 aliphatic rings. The van der Waals surface area contributed by atoms with Crippen molar-refractivity contribution in [3.8, 4) is 22.7 Å². The molecule has 0 saturated carbocycles. The number of nitrogens with zero attached hydrogens (tertiary/aromatic N) is 3. The molecule has 0 radical (unpaired) electrons. The van der Waals surface area contributed by atoms with Gasteiger partial charge >= 0.3 is 11.7 Å². The topological polar surface area (TPSA) is 107 Å². The van der Waals surface area contributed by atoms with Crippen LogP contribution in [-0.2, 0) is 4.79 Å². The third-order valence-corrected chi connectivity index (χ3v) is 3.82. The van der Waals surface area contributed by atoms with Gasteiger partial charge in [-0.25, -0.2) is 9.48 Å². The third-order valence-electron chi connectivity index (χ3n) is 3.82. The summed E-state index contributed by atoms with van der Waals surface area (Å²) in [6.45, 7) is 0. The number of methoxy groups -OCH3 is 1. The molecule has 27 heavy (non-hydrogen) atoms. The van der Waals surface area contributed by atoms with E-state index in [0.29, 0.717) is 16.8 Å². The van der Waals surface area contributed by atoms with Gasteiger partial charge in [-0.2, -0.15) is 5.10 Å². The number of carboxylic acids is 1. The zero-order chi connectivity index (χ0) is 19.4. The van der Waals surface area contributed by atoms with Crippen LogP contribution in [0.4, 0.5) is 5.69 Å². The lowest BCUT2D eigenvalue weighted by Gasteiger charge is -2.04. The van der Waals surface area contributed by atoms with Crippen molar-refractivity contribution < 1.29 is 19.6 Å². The van der Waals surface area contributed by atoms with E-state index in [-0.39, 0.29) is 11.4 Å². The Bertz CT molecular complexity index is 1030. The molecule has 3 rings (SSSR count). The minimum Gasteiger partial charge on any atom is -0.490 e. The summed E-state index contributed by atoms with van der Waals surface area (Å²) in [5.41, 5.74) is 1.99. The van der Waals surface area contributed by atoms with Gasteiger partial charge in [0.25, 0.3) is 0 Å². The molecule has 136 valence electrons. The van der Waals surface area contributed by atoms with E-state index in [9.17, 15) is 14.9 Å². The first-order valence-corrected chi connectivity index (χ1v) is 7.88. The summed E-state index contributed by atoms with van der Waals surface area (Å²) in [4.78, 5) is 21.7. The van der Waals surface area contributed by atoms with Crippen LogP contribution in [0.25, 0.3) is 23.0 Å². The lowest BCUT2D eigenvalue weighted by atomic mass is 10.1. The molecule has 1 aromatic heterocycles. The van der Waals surface area contributed by atoms with Crippen LogP contribution in [0, 0.1) is 10.1 Å². The number of ether oxygens (including phenoxy) is 1. The van der Waals surface area contributed by atoms with Crippen LogP contribution >= 0.6 is 0 Å². The minimum atomic E-state index is -1.10. The first kappa shape index (κ1) is 17.9. The number of aliphatic carboxylic acids is 1. The molecule has 0 fully saturated rings. The first-order valence-electron chi connectivity index (χ1n) is 7.88. The highest BCUT2D eigenvalue weighted by molar-refractivity contribution is 5.87. The minimum absolute atomic E-state index is 0.133. The van der Waals surface area contributed by atoms with E-state index in [1.807, 2.05) is 30.3 Å². The van der Waals surface area contributed by atoms with Crippen molar-refractivity contribution in [2.75, 3.05) is 7.11 Å². The number of nitro benzene ring substituents is 1. The number of nitro groups is 1. The van der Waals surface area contributed by atoms with Crippen molar-refractivity contribution >= 4 is 17.7 Å². The van der Waals surface area contributed by atoms with Crippen molar-refractivity contribution in [3.05, 3.63) is 76.5 Å². The number of hydrogen-bond acceptors (Lipinski definition) is 5. The maximum atomic E-state index is 11.3. The van der Waals surface area contributed by atoms with Gasteiger partial charge in [-0.1, -0.05) is 18.2 Å². The van der Waals surface area contributed by atoms with E-state index in [1.54, 1.807) is 16.9 Å².